The molecule has 5 heteroatoms. The largest absolute Gasteiger partial charge is 0.354 e. The van der Waals surface area contributed by atoms with Crippen LogP contribution in [0, 0.1) is 0 Å². The van der Waals surface area contributed by atoms with E-state index >= 15 is 0 Å². The van der Waals surface area contributed by atoms with Gasteiger partial charge < -0.3 is 10.6 Å². The van der Waals surface area contributed by atoms with E-state index in [0.717, 1.165) is 36.5 Å². The van der Waals surface area contributed by atoms with Crippen molar-refractivity contribution in [1.82, 2.24) is 10.6 Å². The van der Waals surface area contributed by atoms with Gasteiger partial charge in [0.05, 0.1) is 0 Å². The molecule has 4 nitrogen and oxygen atoms in total. The van der Waals surface area contributed by atoms with Gasteiger partial charge in [-0.05, 0) is 31.4 Å². The maximum absolute atomic E-state index is 11.9. The number of hydrogen-bond acceptors (Lipinski definition) is 3. The van der Waals surface area contributed by atoms with Crippen molar-refractivity contribution in [3.05, 3.63) is 30.3 Å². The average Bonchev–Trinajstić information content (AvgIpc) is 2.65. The summed E-state index contributed by atoms with van der Waals surface area (Å²) in [5.74, 6) is 0.631. The molecule has 1 aromatic rings. The van der Waals surface area contributed by atoms with Gasteiger partial charge in [-0.3, -0.25) is 9.59 Å². The van der Waals surface area contributed by atoms with Gasteiger partial charge in [-0.25, -0.2) is 0 Å². The minimum absolute atomic E-state index is 0.0459. The molecular formula is C15H20N2O2S. The highest BCUT2D eigenvalue weighted by molar-refractivity contribution is 7.99. The molecule has 1 aromatic carbocycles. The van der Waals surface area contributed by atoms with Gasteiger partial charge in [0, 0.05) is 23.6 Å². The van der Waals surface area contributed by atoms with Crippen molar-refractivity contribution < 1.29 is 9.59 Å². The van der Waals surface area contributed by atoms with Crippen molar-refractivity contribution in [3.8, 4) is 0 Å². The van der Waals surface area contributed by atoms with E-state index in [9.17, 15) is 9.59 Å². The van der Waals surface area contributed by atoms with Crippen LogP contribution in [0.25, 0.3) is 0 Å². The van der Waals surface area contributed by atoms with Crippen LogP contribution in [0.4, 0.5) is 0 Å². The number of carbonyl (C=O) groups is 2. The molecule has 1 atom stereocenters. The molecule has 108 valence electrons. The Hall–Kier alpha value is -1.49. The fourth-order valence-corrected chi connectivity index (χ4v) is 2.99. The van der Waals surface area contributed by atoms with Crippen LogP contribution in [0.1, 0.15) is 25.7 Å². The molecule has 20 heavy (non-hydrogen) atoms. The van der Waals surface area contributed by atoms with Crippen LogP contribution in [0.15, 0.2) is 35.2 Å². The van der Waals surface area contributed by atoms with Gasteiger partial charge in [0.2, 0.25) is 11.8 Å². The van der Waals surface area contributed by atoms with Crippen molar-refractivity contribution in [2.45, 2.75) is 36.6 Å². The molecule has 1 aliphatic rings. The molecule has 1 saturated heterocycles. The summed E-state index contributed by atoms with van der Waals surface area (Å²) in [5, 5.41) is 5.65. The summed E-state index contributed by atoms with van der Waals surface area (Å²) in [5.41, 5.74) is 0. The predicted octanol–water partition coefficient (Wildman–Crippen LogP) is 1.95. The van der Waals surface area contributed by atoms with E-state index in [1.807, 2.05) is 30.3 Å². The molecule has 0 aliphatic carbocycles. The number of thioether (sulfide) groups is 1. The minimum Gasteiger partial charge on any atom is -0.354 e. The zero-order chi connectivity index (χ0) is 14.2. The number of amides is 2. The van der Waals surface area contributed by atoms with Gasteiger partial charge >= 0.3 is 0 Å². The molecular weight excluding hydrogens is 272 g/mol. The Bertz CT molecular complexity index is 450. The van der Waals surface area contributed by atoms with Crippen LogP contribution < -0.4 is 10.6 Å². The van der Waals surface area contributed by atoms with Crippen LogP contribution in [-0.4, -0.2) is 30.2 Å². The second-order valence-electron chi connectivity index (χ2n) is 4.82. The second kappa shape index (κ2) is 7.94. The van der Waals surface area contributed by atoms with E-state index in [4.69, 9.17) is 0 Å². The fraction of sp³-hybridized carbons (Fsp3) is 0.467. The molecule has 0 unspecified atom stereocenters. The van der Waals surface area contributed by atoms with E-state index in [-0.39, 0.29) is 17.9 Å². The van der Waals surface area contributed by atoms with Crippen LogP contribution in [0.3, 0.4) is 0 Å². The van der Waals surface area contributed by atoms with Crippen LogP contribution in [0.5, 0.6) is 0 Å². The third-order valence-corrected chi connectivity index (χ3v) is 4.23. The molecule has 0 aromatic heterocycles. The number of hydrogen-bond donors (Lipinski definition) is 2. The van der Waals surface area contributed by atoms with Crippen LogP contribution >= 0.6 is 11.8 Å². The Kier molecular flexibility index (Phi) is 5.92. The highest BCUT2D eigenvalue weighted by Gasteiger charge is 2.21. The summed E-state index contributed by atoms with van der Waals surface area (Å²) < 4.78 is 0. The summed E-state index contributed by atoms with van der Waals surface area (Å²) in [4.78, 5) is 24.7. The van der Waals surface area contributed by atoms with Crippen molar-refractivity contribution in [2.75, 3.05) is 12.3 Å². The topological polar surface area (TPSA) is 58.2 Å². The highest BCUT2D eigenvalue weighted by Crippen LogP contribution is 2.17. The van der Waals surface area contributed by atoms with Crippen molar-refractivity contribution in [3.63, 3.8) is 0 Å². The third kappa shape index (κ3) is 4.89. The Morgan fingerprint density at radius 2 is 2.10 bits per heavy atom. The first kappa shape index (κ1) is 14.9. The van der Waals surface area contributed by atoms with Crippen molar-refractivity contribution >= 4 is 23.6 Å². The lowest BCUT2D eigenvalue weighted by molar-refractivity contribution is -0.128. The predicted molar refractivity (Wildman–Crippen MR) is 80.6 cm³/mol. The molecule has 2 N–H and O–H groups in total. The summed E-state index contributed by atoms with van der Waals surface area (Å²) in [6.07, 6.45) is 3.14. The molecule has 0 bridgehead atoms. The van der Waals surface area contributed by atoms with Crippen LogP contribution in [0.2, 0.25) is 0 Å². The van der Waals surface area contributed by atoms with E-state index in [1.54, 1.807) is 11.8 Å². The van der Waals surface area contributed by atoms with Crippen molar-refractivity contribution in [1.29, 1.82) is 0 Å². The highest BCUT2D eigenvalue weighted by atomic mass is 32.2. The average molecular weight is 292 g/mol. The maximum atomic E-state index is 11.9. The Balaban J connectivity index is 1.70. The molecule has 0 spiro atoms. The van der Waals surface area contributed by atoms with Gasteiger partial charge in [-0.15, -0.1) is 11.8 Å². The first-order valence-electron chi connectivity index (χ1n) is 7.00. The number of carbonyl (C=O) groups excluding carboxylic acids is 2. The quantitative estimate of drug-likeness (QED) is 0.816. The first-order valence-corrected chi connectivity index (χ1v) is 7.99. The minimum atomic E-state index is -0.355. The SMILES string of the molecule is O=C(CCSc1ccccc1)N[C@@H]1CCCCNC1=O. The molecule has 1 aliphatic heterocycles. The smallest absolute Gasteiger partial charge is 0.242 e. The fourth-order valence-electron chi connectivity index (χ4n) is 2.12. The van der Waals surface area contributed by atoms with E-state index < -0.39 is 0 Å². The van der Waals surface area contributed by atoms with E-state index in [0.29, 0.717) is 6.42 Å². The second-order valence-corrected chi connectivity index (χ2v) is 5.99. The Morgan fingerprint density at radius 3 is 2.90 bits per heavy atom. The molecule has 0 saturated carbocycles. The Morgan fingerprint density at radius 1 is 1.30 bits per heavy atom. The zero-order valence-electron chi connectivity index (χ0n) is 11.4. The summed E-state index contributed by atoms with van der Waals surface area (Å²) in [7, 11) is 0. The Labute approximate surface area is 123 Å². The maximum Gasteiger partial charge on any atom is 0.242 e. The number of benzene rings is 1. The molecule has 0 radical (unpaired) electrons. The summed E-state index contributed by atoms with van der Waals surface area (Å²) in [6, 6.07) is 9.65. The normalized spacial score (nSPS) is 19.0. The van der Waals surface area contributed by atoms with Gasteiger partial charge in [0.15, 0.2) is 0 Å². The van der Waals surface area contributed by atoms with Gasteiger partial charge in [0.1, 0.15) is 6.04 Å². The third-order valence-electron chi connectivity index (χ3n) is 3.21. The van der Waals surface area contributed by atoms with E-state index in [2.05, 4.69) is 10.6 Å². The lowest BCUT2D eigenvalue weighted by atomic mass is 10.1. The number of rotatable bonds is 5. The van der Waals surface area contributed by atoms with Gasteiger partial charge in [-0.1, -0.05) is 18.2 Å². The first-order chi connectivity index (χ1) is 9.75. The molecule has 1 fully saturated rings. The lowest BCUT2D eigenvalue weighted by Gasteiger charge is -2.15. The van der Waals surface area contributed by atoms with Crippen LogP contribution in [-0.2, 0) is 9.59 Å². The zero-order valence-corrected chi connectivity index (χ0v) is 12.2. The molecule has 1 heterocycles. The van der Waals surface area contributed by atoms with Gasteiger partial charge in [0.25, 0.3) is 0 Å². The van der Waals surface area contributed by atoms with E-state index in [1.165, 1.54) is 0 Å². The standard InChI is InChI=1S/C15H20N2O2S/c18-14(9-11-20-12-6-2-1-3-7-12)17-13-8-4-5-10-16-15(13)19/h1-3,6-7,13H,4-5,8-11H2,(H,16,19)(H,17,18)/t13-/m1/s1. The van der Waals surface area contributed by atoms with Gasteiger partial charge in [-0.2, -0.15) is 0 Å². The monoisotopic (exact) mass is 292 g/mol. The molecule has 2 amide bonds. The summed E-state index contributed by atoms with van der Waals surface area (Å²) in [6.45, 7) is 0.717. The lowest BCUT2D eigenvalue weighted by Crippen LogP contribution is -2.45. The summed E-state index contributed by atoms with van der Waals surface area (Å²) >= 11 is 1.65. The number of nitrogens with one attached hydrogen (secondary N) is 2. The molecule has 2 rings (SSSR count). The van der Waals surface area contributed by atoms with Crippen molar-refractivity contribution in [2.24, 2.45) is 0 Å².